The Balaban J connectivity index is 1.59. The lowest BCUT2D eigenvalue weighted by Gasteiger charge is -2.42. The van der Waals surface area contributed by atoms with Crippen LogP contribution in [0.25, 0.3) is 0 Å². The molecule has 0 aliphatic carbocycles. The van der Waals surface area contributed by atoms with Gasteiger partial charge >= 0.3 is 6.09 Å². The number of nitrogens with zero attached hydrogens (tertiary/aromatic N) is 4. The first-order valence-corrected chi connectivity index (χ1v) is 9.71. The average molecular weight is 394 g/mol. The van der Waals surface area contributed by atoms with Crippen molar-refractivity contribution in [2.24, 2.45) is 0 Å². The molecule has 3 aliphatic heterocycles. The first-order valence-electron chi connectivity index (χ1n) is 9.34. The summed E-state index contributed by atoms with van der Waals surface area (Å²) in [6.45, 7) is 7.50. The molecule has 1 aromatic heterocycles. The summed E-state index contributed by atoms with van der Waals surface area (Å²) >= 11 is 6.09. The number of fused-ring (bicyclic) bond motifs is 3. The number of aromatic nitrogens is 2. The maximum absolute atomic E-state index is 12.6. The normalized spacial score (nSPS) is 24.5. The molecular formula is C18H24ClN5O3. The molecule has 8 nitrogen and oxygen atoms in total. The van der Waals surface area contributed by atoms with Crippen molar-refractivity contribution < 1.29 is 14.3 Å². The molecule has 2 amide bonds. The van der Waals surface area contributed by atoms with Gasteiger partial charge in [0, 0.05) is 25.2 Å². The van der Waals surface area contributed by atoms with Gasteiger partial charge in [-0.3, -0.25) is 9.69 Å². The lowest BCUT2D eigenvalue weighted by atomic mass is 10.0. The molecular weight excluding hydrogens is 370 g/mol. The van der Waals surface area contributed by atoms with Gasteiger partial charge in [0.15, 0.2) is 0 Å². The van der Waals surface area contributed by atoms with E-state index in [2.05, 4.69) is 20.2 Å². The van der Waals surface area contributed by atoms with Gasteiger partial charge in [0.05, 0.1) is 12.1 Å². The molecule has 27 heavy (non-hydrogen) atoms. The molecule has 1 N–H and O–H groups in total. The maximum Gasteiger partial charge on any atom is 0.410 e. The molecule has 0 spiro atoms. The molecule has 2 fully saturated rings. The van der Waals surface area contributed by atoms with Gasteiger partial charge in [-0.15, -0.1) is 0 Å². The van der Waals surface area contributed by atoms with Crippen LogP contribution in [-0.2, 0) is 11.2 Å². The van der Waals surface area contributed by atoms with Crippen LogP contribution < -0.4 is 10.2 Å². The van der Waals surface area contributed by atoms with Crippen LogP contribution in [0.1, 0.15) is 49.7 Å². The van der Waals surface area contributed by atoms with Crippen LogP contribution in [0, 0.1) is 0 Å². The van der Waals surface area contributed by atoms with Crippen LogP contribution in [0.5, 0.6) is 0 Å². The molecule has 2 bridgehead atoms. The molecule has 146 valence electrons. The summed E-state index contributed by atoms with van der Waals surface area (Å²) in [5.41, 5.74) is 0.687. The van der Waals surface area contributed by atoms with Crippen molar-refractivity contribution in [1.82, 2.24) is 20.2 Å². The summed E-state index contributed by atoms with van der Waals surface area (Å²) in [5.74, 6) is 0.512. The second-order valence-corrected chi connectivity index (χ2v) is 8.66. The molecule has 4 rings (SSSR count). The number of rotatable bonds is 1. The van der Waals surface area contributed by atoms with Crippen LogP contribution in [-0.4, -0.2) is 64.2 Å². The fourth-order valence-electron chi connectivity index (χ4n) is 4.20. The fourth-order valence-corrected chi connectivity index (χ4v) is 4.36. The monoisotopic (exact) mass is 393 g/mol. The number of anilines is 1. The smallest absolute Gasteiger partial charge is 0.410 e. The number of carbonyl (C=O) groups excluding carboxylic acids is 2. The zero-order valence-corrected chi connectivity index (χ0v) is 16.5. The first kappa shape index (κ1) is 18.3. The van der Waals surface area contributed by atoms with Gasteiger partial charge in [0.1, 0.15) is 17.1 Å². The Morgan fingerprint density at radius 2 is 1.89 bits per heavy atom. The van der Waals surface area contributed by atoms with E-state index in [0.29, 0.717) is 31.7 Å². The SMILES string of the molecule is CC(C)(C)OC(=O)N1C2CCC1CN(c1nc(Cl)nc3c1CCNC3=O)C2. The Bertz CT molecular complexity index is 780. The summed E-state index contributed by atoms with van der Waals surface area (Å²) in [6, 6.07) is 0.140. The van der Waals surface area contributed by atoms with Crippen molar-refractivity contribution in [1.29, 1.82) is 0 Å². The van der Waals surface area contributed by atoms with Crippen molar-refractivity contribution in [2.75, 3.05) is 24.5 Å². The number of ether oxygens (including phenoxy) is 1. The van der Waals surface area contributed by atoms with E-state index in [4.69, 9.17) is 16.3 Å². The van der Waals surface area contributed by atoms with E-state index in [1.165, 1.54) is 0 Å². The van der Waals surface area contributed by atoms with Gasteiger partial charge in [-0.25, -0.2) is 14.8 Å². The molecule has 9 heteroatoms. The molecule has 0 aromatic carbocycles. The van der Waals surface area contributed by atoms with Crippen LogP contribution >= 0.6 is 11.6 Å². The van der Waals surface area contributed by atoms with E-state index in [1.54, 1.807) is 0 Å². The molecule has 2 atom stereocenters. The minimum atomic E-state index is -0.514. The standard InChI is InChI=1S/C18H24ClN5O3/c1-18(2,3)27-17(26)24-10-4-5-11(24)9-23(8-10)14-12-6-7-20-15(25)13(12)21-16(19)22-14/h10-11H,4-9H2,1-3H3,(H,20,25). The van der Waals surface area contributed by atoms with Gasteiger partial charge < -0.3 is 15.0 Å². The minimum absolute atomic E-state index is 0.0698. The van der Waals surface area contributed by atoms with Crippen molar-refractivity contribution in [3.8, 4) is 0 Å². The zero-order chi connectivity index (χ0) is 19.3. The van der Waals surface area contributed by atoms with Crippen LogP contribution in [0.3, 0.4) is 0 Å². The van der Waals surface area contributed by atoms with Gasteiger partial charge in [-0.05, 0) is 51.6 Å². The van der Waals surface area contributed by atoms with Crippen LogP contribution in [0.15, 0.2) is 0 Å². The summed E-state index contributed by atoms with van der Waals surface area (Å²) in [6.07, 6.45) is 2.29. The summed E-state index contributed by atoms with van der Waals surface area (Å²) in [7, 11) is 0. The van der Waals surface area contributed by atoms with Gasteiger partial charge in [0.25, 0.3) is 5.91 Å². The fraction of sp³-hybridized carbons (Fsp3) is 0.667. The number of hydrogen-bond acceptors (Lipinski definition) is 6. The second-order valence-electron chi connectivity index (χ2n) is 8.33. The largest absolute Gasteiger partial charge is 0.444 e. The van der Waals surface area contributed by atoms with Crippen molar-refractivity contribution in [2.45, 2.75) is 57.7 Å². The predicted octanol–water partition coefficient (Wildman–Crippen LogP) is 2.00. The Labute approximate surface area is 163 Å². The van der Waals surface area contributed by atoms with Crippen molar-refractivity contribution in [3.05, 3.63) is 16.5 Å². The number of piperazine rings is 1. The number of halogens is 1. The molecule has 2 unspecified atom stereocenters. The lowest BCUT2D eigenvalue weighted by molar-refractivity contribution is 0.0122. The molecule has 0 radical (unpaired) electrons. The average Bonchev–Trinajstić information content (AvgIpc) is 2.84. The molecule has 4 heterocycles. The summed E-state index contributed by atoms with van der Waals surface area (Å²) < 4.78 is 5.59. The first-order chi connectivity index (χ1) is 12.7. The van der Waals surface area contributed by atoms with Gasteiger partial charge in [-0.1, -0.05) is 0 Å². The Morgan fingerprint density at radius 1 is 1.22 bits per heavy atom. The Hall–Kier alpha value is -2.09. The highest BCUT2D eigenvalue weighted by atomic mass is 35.5. The van der Waals surface area contributed by atoms with Crippen LogP contribution in [0.2, 0.25) is 5.28 Å². The van der Waals surface area contributed by atoms with Crippen molar-refractivity contribution in [3.63, 3.8) is 0 Å². The highest BCUT2D eigenvalue weighted by molar-refractivity contribution is 6.28. The molecule has 3 aliphatic rings. The Morgan fingerprint density at radius 3 is 2.52 bits per heavy atom. The number of amides is 2. The minimum Gasteiger partial charge on any atom is -0.444 e. The third-order valence-corrected chi connectivity index (χ3v) is 5.39. The molecule has 0 saturated carbocycles. The number of carbonyl (C=O) groups is 2. The van der Waals surface area contributed by atoms with Gasteiger partial charge in [-0.2, -0.15) is 0 Å². The van der Waals surface area contributed by atoms with Gasteiger partial charge in [0.2, 0.25) is 5.28 Å². The quantitative estimate of drug-likeness (QED) is 0.734. The Kier molecular flexibility index (Phi) is 4.41. The second kappa shape index (κ2) is 6.51. The van der Waals surface area contributed by atoms with E-state index >= 15 is 0 Å². The highest BCUT2D eigenvalue weighted by Crippen LogP contribution is 2.35. The third-order valence-electron chi connectivity index (χ3n) is 5.22. The van der Waals surface area contributed by atoms with E-state index in [-0.39, 0.29) is 29.4 Å². The molecule has 2 saturated heterocycles. The molecule has 1 aromatic rings. The number of hydrogen-bond donors (Lipinski definition) is 1. The summed E-state index contributed by atoms with van der Waals surface area (Å²) in [4.78, 5) is 37.4. The topological polar surface area (TPSA) is 87.7 Å². The predicted molar refractivity (Wildman–Crippen MR) is 100 cm³/mol. The van der Waals surface area contributed by atoms with E-state index in [0.717, 1.165) is 24.2 Å². The number of nitrogens with one attached hydrogen (secondary N) is 1. The highest BCUT2D eigenvalue weighted by Gasteiger charge is 2.45. The lowest BCUT2D eigenvalue weighted by Crippen LogP contribution is -2.57. The zero-order valence-electron chi connectivity index (χ0n) is 15.8. The van der Waals surface area contributed by atoms with Crippen LogP contribution in [0.4, 0.5) is 10.6 Å². The summed E-state index contributed by atoms with van der Waals surface area (Å²) in [5, 5.41) is 2.87. The van der Waals surface area contributed by atoms with E-state index < -0.39 is 5.60 Å². The van der Waals surface area contributed by atoms with E-state index in [9.17, 15) is 9.59 Å². The van der Waals surface area contributed by atoms with Crippen molar-refractivity contribution >= 4 is 29.4 Å². The maximum atomic E-state index is 12.6. The van der Waals surface area contributed by atoms with E-state index in [1.807, 2.05) is 25.7 Å². The third kappa shape index (κ3) is 3.42.